The average Bonchev–Trinajstić information content (AvgIpc) is 2.79. The fourth-order valence-corrected chi connectivity index (χ4v) is 4.32. The van der Waals surface area contributed by atoms with Crippen molar-refractivity contribution in [2.45, 2.75) is 44.9 Å². The Morgan fingerprint density at radius 3 is 2.92 bits per heavy atom. The lowest BCUT2D eigenvalue weighted by atomic mass is 9.84. The minimum Gasteiger partial charge on any atom is -0.489 e. The van der Waals surface area contributed by atoms with E-state index in [2.05, 4.69) is 28.9 Å². The van der Waals surface area contributed by atoms with Crippen LogP contribution in [0.1, 0.15) is 49.7 Å². The Balaban J connectivity index is 1.64. The van der Waals surface area contributed by atoms with Crippen LogP contribution in [-0.4, -0.2) is 24.7 Å². The normalized spacial score (nSPS) is 20.1. The second-order valence-electron chi connectivity index (χ2n) is 7.63. The van der Waals surface area contributed by atoms with Gasteiger partial charge in [-0.15, -0.1) is 0 Å². The molecular weight excluding hydrogens is 344 g/mol. The summed E-state index contributed by atoms with van der Waals surface area (Å²) in [6, 6.07) is 10.4. The summed E-state index contributed by atoms with van der Waals surface area (Å²) in [6.45, 7) is 4.95. The molecule has 2 heterocycles. The van der Waals surface area contributed by atoms with Gasteiger partial charge in [-0.3, -0.25) is 0 Å². The molecule has 4 heteroatoms. The topological polar surface area (TPSA) is 25.4 Å². The Hall–Kier alpha value is -1.74. The fourth-order valence-electron chi connectivity index (χ4n) is 4.12. The molecule has 4 rings (SSSR count). The van der Waals surface area contributed by atoms with E-state index in [1.54, 1.807) is 0 Å². The van der Waals surface area contributed by atoms with Crippen LogP contribution in [0.25, 0.3) is 0 Å². The molecule has 0 amide bonds. The molecule has 2 aromatic rings. The second-order valence-corrected chi connectivity index (χ2v) is 8.06. The van der Waals surface area contributed by atoms with Crippen LogP contribution in [0.4, 0.5) is 5.82 Å². The van der Waals surface area contributed by atoms with Crippen LogP contribution >= 0.6 is 11.6 Å². The maximum atomic E-state index is 6.27. The minimum absolute atomic E-state index is 0.336. The molecule has 1 saturated carbocycles. The summed E-state index contributed by atoms with van der Waals surface area (Å²) in [6.07, 6.45) is 8.10. The van der Waals surface area contributed by atoms with Gasteiger partial charge in [0, 0.05) is 30.2 Å². The number of aromatic nitrogens is 1. The number of nitrogens with zero attached hydrogens (tertiary/aromatic N) is 2. The lowest BCUT2D eigenvalue weighted by Gasteiger charge is -2.34. The van der Waals surface area contributed by atoms with E-state index in [1.807, 2.05) is 24.4 Å². The second kappa shape index (κ2) is 7.87. The van der Waals surface area contributed by atoms with Crippen LogP contribution in [0.5, 0.6) is 5.75 Å². The first-order valence-corrected chi connectivity index (χ1v) is 10.2. The van der Waals surface area contributed by atoms with Crippen LogP contribution in [0, 0.1) is 5.92 Å². The molecule has 0 radical (unpaired) electrons. The molecule has 1 aromatic carbocycles. The zero-order valence-corrected chi connectivity index (χ0v) is 16.2. The van der Waals surface area contributed by atoms with Crippen LogP contribution in [-0.2, 0) is 6.42 Å². The summed E-state index contributed by atoms with van der Waals surface area (Å²) < 4.78 is 6.21. The van der Waals surface area contributed by atoms with Crippen LogP contribution in [0.2, 0.25) is 5.02 Å². The van der Waals surface area contributed by atoms with E-state index >= 15 is 0 Å². The summed E-state index contributed by atoms with van der Waals surface area (Å²) >= 11 is 6.27. The van der Waals surface area contributed by atoms with Gasteiger partial charge in [0.05, 0.1) is 6.61 Å². The quantitative estimate of drug-likeness (QED) is 0.697. The van der Waals surface area contributed by atoms with Crippen molar-refractivity contribution in [3.8, 4) is 5.75 Å². The third-order valence-electron chi connectivity index (χ3n) is 5.70. The van der Waals surface area contributed by atoms with E-state index < -0.39 is 0 Å². The standard InChI is InChI=1S/C22H27ClN2O/c1-2-5-17-12-19(23)9-10-20(17)18-14-25(13-16-6-3-7-16)22-21(26-15-18)8-4-11-24-22/h4,8-12,16,18H,2-3,5-7,13-15H2,1H3. The van der Waals surface area contributed by atoms with Gasteiger partial charge in [0.15, 0.2) is 11.6 Å². The highest BCUT2D eigenvalue weighted by molar-refractivity contribution is 6.30. The van der Waals surface area contributed by atoms with E-state index in [0.717, 1.165) is 48.4 Å². The molecule has 1 aliphatic carbocycles. The van der Waals surface area contributed by atoms with E-state index in [1.165, 1.54) is 30.4 Å². The number of pyridine rings is 1. The molecule has 0 spiro atoms. The number of rotatable bonds is 5. The molecule has 0 saturated heterocycles. The largest absolute Gasteiger partial charge is 0.489 e. The molecule has 0 N–H and O–H groups in total. The van der Waals surface area contributed by atoms with Crippen LogP contribution in [0.3, 0.4) is 0 Å². The maximum Gasteiger partial charge on any atom is 0.171 e. The molecular formula is C22H27ClN2O. The molecule has 1 fully saturated rings. The monoisotopic (exact) mass is 370 g/mol. The zero-order chi connectivity index (χ0) is 17.9. The number of fused-ring (bicyclic) bond motifs is 1. The Morgan fingerprint density at radius 2 is 2.15 bits per heavy atom. The number of hydrogen-bond donors (Lipinski definition) is 0. The molecule has 0 bridgehead atoms. The number of anilines is 1. The van der Waals surface area contributed by atoms with E-state index in [0.29, 0.717) is 12.5 Å². The van der Waals surface area contributed by atoms with Crippen molar-refractivity contribution in [3.63, 3.8) is 0 Å². The van der Waals surface area contributed by atoms with Gasteiger partial charge in [-0.05, 0) is 60.6 Å². The van der Waals surface area contributed by atoms with Crippen molar-refractivity contribution in [3.05, 3.63) is 52.7 Å². The lowest BCUT2D eigenvalue weighted by Crippen LogP contribution is -2.36. The molecule has 1 aliphatic heterocycles. The third kappa shape index (κ3) is 3.68. The zero-order valence-electron chi connectivity index (χ0n) is 15.5. The van der Waals surface area contributed by atoms with Gasteiger partial charge in [-0.25, -0.2) is 4.98 Å². The molecule has 1 unspecified atom stereocenters. The van der Waals surface area contributed by atoms with Gasteiger partial charge in [0.25, 0.3) is 0 Å². The summed E-state index contributed by atoms with van der Waals surface area (Å²) in [5.41, 5.74) is 2.73. The van der Waals surface area contributed by atoms with Crippen molar-refractivity contribution in [1.29, 1.82) is 0 Å². The Labute approximate surface area is 161 Å². The number of ether oxygens (including phenoxy) is 1. The SMILES string of the molecule is CCCc1cc(Cl)ccc1C1COc2cccnc2N(CC2CCC2)C1. The van der Waals surface area contributed by atoms with Crippen molar-refractivity contribution in [2.75, 3.05) is 24.6 Å². The first-order valence-electron chi connectivity index (χ1n) is 9.85. The summed E-state index contributed by atoms with van der Waals surface area (Å²) in [5.74, 6) is 3.06. The van der Waals surface area contributed by atoms with E-state index in [9.17, 15) is 0 Å². The van der Waals surface area contributed by atoms with Crippen LogP contribution in [0.15, 0.2) is 36.5 Å². The van der Waals surface area contributed by atoms with E-state index in [4.69, 9.17) is 16.3 Å². The van der Waals surface area contributed by atoms with Gasteiger partial charge in [-0.1, -0.05) is 37.4 Å². The number of halogens is 1. The van der Waals surface area contributed by atoms with Gasteiger partial charge >= 0.3 is 0 Å². The van der Waals surface area contributed by atoms with Crippen molar-refractivity contribution >= 4 is 17.4 Å². The number of aryl methyl sites for hydroxylation is 1. The molecule has 2 aliphatic rings. The molecule has 3 nitrogen and oxygen atoms in total. The fraction of sp³-hybridized carbons (Fsp3) is 0.500. The molecule has 26 heavy (non-hydrogen) atoms. The summed E-state index contributed by atoms with van der Waals surface area (Å²) in [5, 5.41) is 0.822. The molecule has 138 valence electrons. The highest BCUT2D eigenvalue weighted by atomic mass is 35.5. The highest BCUT2D eigenvalue weighted by Gasteiger charge is 2.29. The lowest BCUT2D eigenvalue weighted by molar-refractivity contribution is 0.294. The van der Waals surface area contributed by atoms with Crippen molar-refractivity contribution < 1.29 is 4.74 Å². The van der Waals surface area contributed by atoms with Gasteiger partial charge in [0.2, 0.25) is 0 Å². The Kier molecular flexibility index (Phi) is 5.35. The smallest absolute Gasteiger partial charge is 0.171 e. The predicted molar refractivity (Wildman–Crippen MR) is 107 cm³/mol. The summed E-state index contributed by atoms with van der Waals surface area (Å²) in [7, 11) is 0. The first kappa shape index (κ1) is 17.7. The number of hydrogen-bond acceptors (Lipinski definition) is 3. The Bertz CT molecular complexity index is 760. The van der Waals surface area contributed by atoms with Gasteiger partial charge < -0.3 is 9.64 Å². The van der Waals surface area contributed by atoms with E-state index in [-0.39, 0.29) is 0 Å². The van der Waals surface area contributed by atoms with Crippen molar-refractivity contribution in [1.82, 2.24) is 4.98 Å². The average molecular weight is 371 g/mol. The van der Waals surface area contributed by atoms with Gasteiger partial charge in [-0.2, -0.15) is 0 Å². The highest BCUT2D eigenvalue weighted by Crippen LogP contribution is 2.37. The third-order valence-corrected chi connectivity index (χ3v) is 5.93. The molecule has 1 atom stereocenters. The maximum absolute atomic E-state index is 6.27. The van der Waals surface area contributed by atoms with Gasteiger partial charge in [0.1, 0.15) is 0 Å². The predicted octanol–water partition coefficient (Wildman–Crippen LogP) is 5.47. The minimum atomic E-state index is 0.336. The Morgan fingerprint density at radius 1 is 1.27 bits per heavy atom. The summed E-state index contributed by atoms with van der Waals surface area (Å²) in [4.78, 5) is 7.11. The number of benzene rings is 1. The molecule has 1 aromatic heterocycles. The van der Waals surface area contributed by atoms with Crippen molar-refractivity contribution in [2.24, 2.45) is 5.92 Å². The van der Waals surface area contributed by atoms with Crippen LogP contribution < -0.4 is 9.64 Å². The first-order chi connectivity index (χ1) is 12.7.